The molecule has 0 spiro atoms. The SMILES string of the molecule is O=C(NCc1ccccc1CN1CCCC1)N1CCOC(c2cccc(Br)c2)C1. The number of benzene rings is 2. The lowest BCUT2D eigenvalue weighted by atomic mass is 10.1. The zero-order valence-electron chi connectivity index (χ0n) is 16.6. The Kier molecular flexibility index (Phi) is 6.85. The Labute approximate surface area is 181 Å². The summed E-state index contributed by atoms with van der Waals surface area (Å²) in [6.07, 6.45) is 2.49. The van der Waals surface area contributed by atoms with Crippen LogP contribution in [0.4, 0.5) is 4.79 Å². The van der Waals surface area contributed by atoms with E-state index in [-0.39, 0.29) is 12.1 Å². The maximum atomic E-state index is 12.8. The summed E-state index contributed by atoms with van der Waals surface area (Å²) in [4.78, 5) is 17.2. The predicted octanol–water partition coefficient (Wildman–Crippen LogP) is 4.33. The van der Waals surface area contributed by atoms with Gasteiger partial charge in [0.25, 0.3) is 0 Å². The van der Waals surface area contributed by atoms with Crippen LogP contribution in [0.1, 0.15) is 35.6 Å². The Morgan fingerprint density at radius 2 is 1.86 bits per heavy atom. The van der Waals surface area contributed by atoms with Crippen molar-refractivity contribution >= 4 is 22.0 Å². The Balaban J connectivity index is 1.35. The number of hydrogen-bond donors (Lipinski definition) is 1. The van der Waals surface area contributed by atoms with Crippen LogP contribution in [-0.4, -0.2) is 48.6 Å². The van der Waals surface area contributed by atoms with Crippen molar-refractivity contribution in [2.24, 2.45) is 0 Å². The number of ether oxygens (including phenoxy) is 1. The maximum Gasteiger partial charge on any atom is 0.317 e. The molecule has 29 heavy (non-hydrogen) atoms. The minimum absolute atomic E-state index is 0.0238. The molecule has 5 nitrogen and oxygen atoms in total. The zero-order valence-corrected chi connectivity index (χ0v) is 18.2. The van der Waals surface area contributed by atoms with Crippen molar-refractivity contribution in [3.05, 3.63) is 69.7 Å². The molecule has 2 aromatic carbocycles. The smallest absolute Gasteiger partial charge is 0.317 e. The lowest BCUT2D eigenvalue weighted by Crippen LogP contribution is -2.47. The third kappa shape index (κ3) is 5.38. The highest BCUT2D eigenvalue weighted by molar-refractivity contribution is 9.10. The average Bonchev–Trinajstić information content (AvgIpc) is 3.26. The van der Waals surface area contributed by atoms with Gasteiger partial charge < -0.3 is 15.0 Å². The van der Waals surface area contributed by atoms with Gasteiger partial charge in [0, 0.05) is 24.1 Å². The van der Waals surface area contributed by atoms with E-state index in [1.807, 2.05) is 29.2 Å². The summed E-state index contributed by atoms with van der Waals surface area (Å²) in [5.74, 6) is 0. The number of urea groups is 1. The molecule has 0 saturated carbocycles. The van der Waals surface area contributed by atoms with E-state index in [4.69, 9.17) is 4.74 Å². The van der Waals surface area contributed by atoms with Crippen molar-refractivity contribution < 1.29 is 9.53 Å². The number of carbonyl (C=O) groups is 1. The number of carbonyl (C=O) groups excluding carboxylic acids is 1. The quantitative estimate of drug-likeness (QED) is 0.726. The van der Waals surface area contributed by atoms with Gasteiger partial charge in [0.1, 0.15) is 6.10 Å². The van der Waals surface area contributed by atoms with Gasteiger partial charge in [0.05, 0.1) is 13.2 Å². The minimum atomic E-state index is -0.0885. The third-order valence-corrected chi connectivity index (χ3v) is 6.21. The van der Waals surface area contributed by atoms with Crippen LogP contribution in [0, 0.1) is 0 Å². The first kappa shape index (κ1) is 20.4. The van der Waals surface area contributed by atoms with Gasteiger partial charge in [-0.2, -0.15) is 0 Å². The molecule has 0 aliphatic carbocycles. The highest BCUT2D eigenvalue weighted by atomic mass is 79.9. The molecule has 2 aliphatic heterocycles. The Bertz CT molecular complexity index is 838. The summed E-state index contributed by atoms with van der Waals surface area (Å²) in [6, 6.07) is 16.5. The molecule has 154 valence electrons. The van der Waals surface area contributed by atoms with E-state index in [1.165, 1.54) is 37.1 Å². The van der Waals surface area contributed by atoms with E-state index < -0.39 is 0 Å². The Morgan fingerprint density at radius 1 is 1.07 bits per heavy atom. The normalized spacial score (nSPS) is 20.0. The lowest BCUT2D eigenvalue weighted by Gasteiger charge is -2.33. The molecule has 2 heterocycles. The first-order valence-electron chi connectivity index (χ1n) is 10.4. The van der Waals surface area contributed by atoms with Crippen LogP contribution in [0.15, 0.2) is 53.0 Å². The number of hydrogen-bond acceptors (Lipinski definition) is 3. The van der Waals surface area contributed by atoms with Crippen LogP contribution in [-0.2, 0) is 17.8 Å². The van der Waals surface area contributed by atoms with Gasteiger partial charge in [-0.3, -0.25) is 4.90 Å². The average molecular weight is 458 g/mol. The molecule has 0 bridgehead atoms. The van der Waals surface area contributed by atoms with Crippen molar-refractivity contribution in [1.29, 1.82) is 0 Å². The van der Waals surface area contributed by atoms with Crippen molar-refractivity contribution in [2.75, 3.05) is 32.8 Å². The van der Waals surface area contributed by atoms with Gasteiger partial charge >= 0.3 is 6.03 Å². The second-order valence-corrected chi connectivity index (χ2v) is 8.69. The van der Waals surface area contributed by atoms with Crippen LogP contribution in [0.2, 0.25) is 0 Å². The molecule has 2 saturated heterocycles. The standard InChI is InChI=1S/C23H28BrN3O2/c24-21-9-5-8-18(14-21)22-17-27(12-13-29-22)23(28)25-15-19-6-1-2-7-20(19)16-26-10-3-4-11-26/h1-2,5-9,14,22H,3-4,10-13,15-17H2,(H,25,28). The fraction of sp³-hybridized carbons (Fsp3) is 0.435. The number of morpholine rings is 1. The van der Waals surface area contributed by atoms with E-state index in [0.29, 0.717) is 26.2 Å². The third-order valence-electron chi connectivity index (χ3n) is 5.72. The lowest BCUT2D eigenvalue weighted by molar-refractivity contribution is -0.0155. The number of halogens is 1. The predicted molar refractivity (Wildman–Crippen MR) is 118 cm³/mol. The molecule has 2 fully saturated rings. The summed E-state index contributed by atoms with van der Waals surface area (Å²) < 4.78 is 6.93. The summed E-state index contributed by atoms with van der Waals surface area (Å²) >= 11 is 3.51. The molecular weight excluding hydrogens is 430 g/mol. The molecular formula is C23H28BrN3O2. The topological polar surface area (TPSA) is 44.8 Å². The molecule has 1 atom stereocenters. The molecule has 2 amide bonds. The summed E-state index contributed by atoms with van der Waals surface area (Å²) in [7, 11) is 0. The molecule has 0 radical (unpaired) electrons. The van der Waals surface area contributed by atoms with E-state index in [2.05, 4.69) is 50.4 Å². The van der Waals surface area contributed by atoms with Crippen molar-refractivity contribution in [2.45, 2.75) is 32.0 Å². The van der Waals surface area contributed by atoms with E-state index in [0.717, 1.165) is 16.6 Å². The van der Waals surface area contributed by atoms with E-state index in [1.54, 1.807) is 0 Å². The number of likely N-dealkylation sites (tertiary alicyclic amines) is 1. The van der Waals surface area contributed by atoms with Crippen molar-refractivity contribution in [3.63, 3.8) is 0 Å². The molecule has 2 aromatic rings. The number of nitrogens with one attached hydrogen (secondary N) is 1. The minimum Gasteiger partial charge on any atom is -0.370 e. The highest BCUT2D eigenvalue weighted by Crippen LogP contribution is 2.25. The van der Waals surface area contributed by atoms with Gasteiger partial charge in [-0.25, -0.2) is 4.79 Å². The maximum absolute atomic E-state index is 12.8. The van der Waals surface area contributed by atoms with Gasteiger partial charge in [-0.15, -0.1) is 0 Å². The number of nitrogens with zero attached hydrogens (tertiary/aromatic N) is 2. The van der Waals surface area contributed by atoms with E-state index in [9.17, 15) is 4.79 Å². The van der Waals surface area contributed by atoms with Crippen LogP contribution in [0.3, 0.4) is 0 Å². The van der Waals surface area contributed by atoms with Crippen LogP contribution in [0.25, 0.3) is 0 Å². The van der Waals surface area contributed by atoms with Gasteiger partial charge in [-0.1, -0.05) is 52.3 Å². The molecule has 1 N–H and O–H groups in total. The summed E-state index contributed by atoms with van der Waals surface area (Å²) in [6.45, 7) is 5.60. The molecule has 6 heteroatoms. The number of rotatable bonds is 5. The molecule has 1 unspecified atom stereocenters. The summed E-state index contributed by atoms with van der Waals surface area (Å²) in [5.41, 5.74) is 3.60. The van der Waals surface area contributed by atoms with Crippen molar-refractivity contribution in [1.82, 2.24) is 15.1 Å². The first-order chi connectivity index (χ1) is 14.2. The van der Waals surface area contributed by atoms with Gasteiger partial charge in [-0.05, 0) is 54.8 Å². The largest absolute Gasteiger partial charge is 0.370 e. The fourth-order valence-electron chi connectivity index (χ4n) is 4.09. The molecule has 0 aromatic heterocycles. The fourth-order valence-corrected chi connectivity index (χ4v) is 4.51. The zero-order chi connectivity index (χ0) is 20.1. The van der Waals surface area contributed by atoms with Gasteiger partial charge in [0.15, 0.2) is 0 Å². The van der Waals surface area contributed by atoms with Crippen LogP contribution in [0.5, 0.6) is 0 Å². The van der Waals surface area contributed by atoms with Crippen LogP contribution < -0.4 is 5.32 Å². The Hall–Kier alpha value is -1.89. The highest BCUT2D eigenvalue weighted by Gasteiger charge is 2.25. The van der Waals surface area contributed by atoms with Gasteiger partial charge in [0.2, 0.25) is 0 Å². The van der Waals surface area contributed by atoms with E-state index >= 15 is 0 Å². The first-order valence-corrected chi connectivity index (χ1v) is 11.2. The number of amides is 2. The molecule has 4 rings (SSSR count). The van der Waals surface area contributed by atoms with Crippen molar-refractivity contribution in [3.8, 4) is 0 Å². The monoisotopic (exact) mass is 457 g/mol. The summed E-state index contributed by atoms with van der Waals surface area (Å²) in [5, 5.41) is 3.12. The Morgan fingerprint density at radius 3 is 2.66 bits per heavy atom. The molecule has 2 aliphatic rings. The second kappa shape index (κ2) is 9.74. The van der Waals surface area contributed by atoms with Crippen LogP contribution >= 0.6 is 15.9 Å². The second-order valence-electron chi connectivity index (χ2n) is 7.77.